The molecule has 1 aliphatic rings. The Balaban J connectivity index is 1.54. The summed E-state index contributed by atoms with van der Waals surface area (Å²) in [7, 11) is 0. The fourth-order valence-corrected chi connectivity index (χ4v) is 4.48. The maximum absolute atomic E-state index is 12.9. The van der Waals surface area contributed by atoms with Gasteiger partial charge in [0.2, 0.25) is 0 Å². The molecule has 0 spiro atoms. The molecule has 2 aromatic carbocycles. The van der Waals surface area contributed by atoms with E-state index in [1.165, 1.54) is 23.6 Å². The van der Waals surface area contributed by atoms with E-state index in [1.54, 1.807) is 18.2 Å². The van der Waals surface area contributed by atoms with Crippen LogP contribution in [-0.2, 0) is 0 Å². The lowest BCUT2D eigenvalue weighted by Gasteiger charge is -2.35. The highest BCUT2D eigenvalue weighted by molar-refractivity contribution is 6.31. The van der Waals surface area contributed by atoms with Gasteiger partial charge in [0.25, 0.3) is 5.91 Å². The van der Waals surface area contributed by atoms with Crippen molar-refractivity contribution < 1.29 is 9.21 Å². The zero-order valence-corrected chi connectivity index (χ0v) is 19.3. The molecule has 0 aliphatic carbocycles. The average Bonchev–Trinajstić information content (AvgIpc) is 2.80. The fraction of sp³-hybridized carbons (Fsp3) is 0.385. The minimum Gasteiger partial charge on any atom is -0.451 e. The number of likely N-dealkylation sites (tertiary alicyclic amines) is 1. The summed E-state index contributed by atoms with van der Waals surface area (Å²) < 4.78 is 5.70. The summed E-state index contributed by atoms with van der Waals surface area (Å²) in [5, 5.41) is 3.82. The highest BCUT2D eigenvalue weighted by Crippen LogP contribution is 2.26. The van der Waals surface area contributed by atoms with Crippen molar-refractivity contribution >= 4 is 28.5 Å². The molecular formula is C26H29ClN2O3. The first-order chi connectivity index (χ1) is 15.4. The second-order valence-corrected chi connectivity index (χ2v) is 9.20. The number of carbonyl (C=O) groups excluding carboxylic acids is 1. The van der Waals surface area contributed by atoms with Crippen molar-refractivity contribution in [2.75, 3.05) is 19.6 Å². The number of amides is 1. The van der Waals surface area contributed by atoms with Gasteiger partial charge in [0.1, 0.15) is 5.58 Å². The predicted molar refractivity (Wildman–Crippen MR) is 129 cm³/mol. The Labute approximate surface area is 193 Å². The quantitative estimate of drug-likeness (QED) is 0.534. The van der Waals surface area contributed by atoms with Crippen molar-refractivity contribution in [1.29, 1.82) is 0 Å². The molecule has 1 atom stereocenters. The third-order valence-corrected chi connectivity index (χ3v) is 6.42. The van der Waals surface area contributed by atoms with Gasteiger partial charge < -0.3 is 9.73 Å². The van der Waals surface area contributed by atoms with Gasteiger partial charge in [-0.05, 0) is 61.2 Å². The van der Waals surface area contributed by atoms with Gasteiger partial charge in [0.05, 0.1) is 11.4 Å². The van der Waals surface area contributed by atoms with Crippen LogP contribution in [0.1, 0.15) is 66.8 Å². The van der Waals surface area contributed by atoms with Crippen molar-refractivity contribution in [1.82, 2.24) is 10.2 Å². The van der Waals surface area contributed by atoms with Gasteiger partial charge in [0, 0.05) is 17.6 Å². The van der Waals surface area contributed by atoms with Gasteiger partial charge in [0.15, 0.2) is 11.2 Å². The number of piperidine rings is 1. The smallest absolute Gasteiger partial charge is 0.287 e. The molecule has 1 aliphatic heterocycles. The second kappa shape index (κ2) is 9.88. The number of nitrogens with one attached hydrogen (secondary N) is 1. The predicted octanol–water partition coefficient (Wildman–Crippen LogP) is 5.53. The molecule has 32 heavy (non-hydrogen) atoms. The third-order valence-electron chi connectivity index (χ3n) is 6.19. The van der Waals surface area contributed by atoms with Crippen LogP contribution in [-0.4, -0.2) is 30.4 Å². The molecule has 0 radical (unpaired) electrons. The van der Waals surface area contributed by atoms with Gasteiger partial charge in [-0.15, -0.1) is 0 Å². The topological polar surface area (TPSA) is 62.6 Å². The zero-order chi connectivity index (χ0) is 22.7. The van der Waals surface area contributed by atoms with Crippen LogP contribution in [0.4, 0.5) is 0 Å². The van der Waals surface area contributed by atoms with E-state index in [2.05, 4.69) is 48.3 Å². The summed E-state index contributed by atoms with van der Waals surface area (Å²) in [6, 6.07) is 14.8. The molecule has 168 valence electrons. The lowest BCUT2D eigenvalue weighted by atomic mass is 9.97. The maximum Gasteiger partial charge on any atom is 0.287 e. The second-order valence-electron chi connectivity index (χ2n) is 8.76. The van der Waals surface area contributed by atoms with Crippen LogP contribution in [0, 0.1) is 0 Å². The number of hydrogen-bond donors (Lipinski definition) is 1. The van der Waals surface area contributed by atoms with Gasteiger partial charge in [-0.3, -0.25) is 14.5 Å². The maximum atomic E-state index is 12.9. The summed E-state index contributed by atoms with van der Waals surface area (Å²) >= 11 is 5.97. The molecule has 1 N–H and O–H groups in total. The van der Waals surface area contributed by atoms with E-state index in [1.807, 2.05) is 0 Å². The largest absolute Gasteiger partial charge is 0.451 e. The van der Waals surface area contributed by atoms with Crippen LogP contribution >= 0.6 is 11.6 Å². The Kier molecular flexibility index (Phi) is 6.97. The van der Waals surface area contributed by atoms with Crippen LogP contribution < -0.4 is 10.7 Å². The van der Waals surface area contributed by atoms with Crippen LogP contribution in [0.25, 0.3) is 11.0 Å². The third kappa shape index (κ3) is 5.05. The number of fused-ring (bicyclic) bond motifs is 1. The Morgan fingerprint density at radius 3 is 2.41 bits per heavy atom. The highest BCUT2D eigenvalue weighted by atomic mass is 35.5. The number of benzene rings is 2. The van der Waals surface area contributed by atoms with Crippen LogP contribution in [0.5, 0.6) is 0 Å². The molecule has 1 amide bonds. The van der Waals surface area contributed by atoms with Gasteiger partial charge in [-0.1, -0.05) is 56.1 Å². The van der Waals surface area contributed by atoms with E-state index in [0.29, 0.717) is 28.5 Å². The van der Waals surface area contributed by atoms with E-state index in [9.17, 15) is 9.59 Å². The SMILES string of the molecule is CC(C)c1ccc([C@@H](CNC(=O)c2cc(=O)c3cc(Cl)ccc3o2)N2CCCCC2)cc1. The molecule has 1 aromatic heterocycles. The molecule has 0 unspecified atom stereocenters. The van der Waals surface area contributed by atoms with E-state index in [0.717, 1.165) is 25.9 Å². The minimum absolute atomic E-state index is 0.0115. The van der Waals surface area contributed by atoms with Gasteiger partial charge in [-0.25, -0.2) is 0 Å². The standard InChI is InChI=1S/C26H29ClN2O3/c1-17(2)18-6-8-19(9-7-18)22(29-12-4-3-5-13-29)16-28-26(31)25-15-23(30)21-14-20(27)10-11-24(21)32-25/h6-11,14-15,17,22H,3-5,12-13,16H2,1-2H3,(H,28,31)/t22-/m1/s1. The van der Waals surface area contributed by atoms with Crippen molar-refractivity contribution in [2.45, 2.75) is 45.1 Å². The van der Waals surface area contributed by atoms with E-state index in [-0.39, 0.29) is 23.1 Å². The molecule has 0 bridgehead atoms. The molecule has 0 saturated carbocycles. The zero-order valence-electron chi connectivity index (χ0n) is 18.6. The summed E-state index contributed by atoms with van der Waals surface area (Å²) in [6.07, 6.45) is 3.57. The van der Waals surface area contributed by atoms with Crippen LogP contribution in [0.3, 0.4) is 0 Å². The monoisotopic (exact) mass is 452 g/mol. The fourth-order valence-electron chi connectivity index (χ4n) is 4.31. The van der Waals surface area contributed by atoms with Crippen molar-refractivity contribution in [2.24, 2.45) is 0 Å². The summed E-state index contributed by atoms with van der Waals surface area (Å²) in [6.45, 7) is 6.84. The van der Waals surface area contributed by atoms with E-state index in [4.69, 9.17) is 16.0 Å². The summed E-state index contributed by atoms with van der Waals surface area (Å²) in [5.41, 5.74) is 2.55. The van der Waals surface area contributed by atoms with Crippen LogP contribution in [0.2, 0.25) is 5.02 Å². The first-order valence-corrected chi connectivity index (χ1v) is 11.7. The first-order valence-electron chi connectivity index (χ1n) is 11.3. The van der Waals surface area contributed by atoms with Crippen molar-refractivity contribution in [3.8, 4) is 0 Å². The summed E-state index contributed by atoms with van der Waals surface area (Å²) in [5.74, 6) is 0.0972. The Morgan fingerprint density at radius 1 is 1.03 bits per heavy atom. The average molecular weight is 453 g/mol. The molecule has 1 saturated heterocycles. The Hall–Kier alpha value is -2.63. The van der Waals surface area contributed by atoms with Crippen molar-refractivity contribution in [3.05, 3.63) is 80.7 Å². The van der Waals surface area contributed by atoms with Crippen LogP contribution in [0.15, 0.2) is 57.7 Å². The highest BCUT2D eigenvalue weighted by Gasteiger charge is 2.24. The molecule has 4 rings (SSSR count). The number of halogens is 1. The van der Waals surface area contributed by atoms with Gasteiger partial charge >= 0.3 is 0 Å². The van der Waals surface area contributed by atoms with E-state index < -0.39 is 0 Å². The number of carbonyl (C=O) groups is 1. The number of rotatable bonds is 6. The van der Waals surface area contributed by atoms with E-state index >= 15 is 0 Å². The Bertz CT molecular complexity index is 1150. The van der Waals surface area contributed by atoms with Crippen molar-refractivity contribution in [3.63, 3.8) is 0 Å². The first kappa shape index (κ1) is 22.6. The molecule has 5 nitrogen and oxygen atoms in total. The number of hydrogen-bond acceptors (Lipinski definition) is 4. The number of nitrogens with zero attached hydrogens (tertiary/aromatic N) is 1. The molecule has 2 heterocycles. The Morgan fingerprint density at radius 2 is 1.72 bits per heavy atom. The molecule has 1 fully saturated rings. The molecular weight excluding hydrogens is 424 g/mol. The minimum atomic E-state index is -0.389. The molecule has 3 aromatic rings. The lowest BCUT2D eigenvalue weighted by Crippen LogP contribution is -2.40. The lowest BCUT2D eigenvalue weighted by molar-refractivity contribution is 0.0897. The summed E-state index contributed by atoms with van der Waals surface area (Å²) in [4.78, 5) is 27.8. The molecule has 6 heteroatoms. The van der Waals surface area contributed by atoms with Gasteiger partial charge in [-0.2, -0.15) is 0 Å². The normalized spacial score (nSPS) is 15.8.